The summed E-state index contributed by atoms with van der Waals surface area (Å²) in [6.07, 6.45) is 4.38. The Kier molecular flexibility index (Phi) is 7.13. The molecule has 1 saturated heterocycles. The van der Waals surface area contributed by atoms with Gasteiger partial charge in [0.05, 0.1) is 11.8 Å². The molecule has 1 aliphatic rings. The highest BCUT2D eigenvalue weighted by atomic mass is 32.1. The number of thiazole rings is 1. The molecular formula is C27H29FN8O3SSi. The minimum Gasteiger partial charge on any atom is -0.446 e. The maximum Gasteiger partial charge on any atom is 0.416 e. The minimum absolute atomic E-state index is 0.186. The van der Waals surface area contributed by atoms with Crippen molar-refractivity contribution in [3.63, 3.8) is 0 Å². The van der Waals surface area contributed by atoms with Crippen molar-refractivity contribution >= 4 is 37.0 Å². The van der Waals surface area contributed by atoms with E-state index in [1.807, 2.05) is 12.3 Å². The van der Waals surface area contributed by atoms with Gasteiger partial charge in [0.25, 0.3) is 0 Å². The van der Waals surface area contributed by atoms with Crippen molar-refractivity contribution in [3.8, 4) is 22.5 Å². The molecule has 0 saturated carbocycles. The monoisotopic (exact) mass is 592 g/mol. The van der Waals surface area contributed by atoms with Crippen LogP contribution in [0.2, 0.25) is 25.7 Å². The van der Waals surface area contributed by atoms with Gasteiger partial charge in [-0.05, 0) is 36.7 Å². The van der Waals surface area contributed by atoms with Crippen molar-refractivity contribution in [1.29, 1.82) is 0 Å². The van der Waals surface area contributed by atoms with E-state index in [-0.39, 0.29) is 30.8 Å². The van der Waals surface area contributed by atoms with Gasteiger partial charge in [0, 0.05) is 37.5 Å². The molecule has 0 aliphatic carbocycles. The Hall–Kier alpha value is -4.01. The Morgan fingerprint density at radius 2 is 2.05 bits per heavy atom. The van der Waals surface area contributed by atoms with Crippen molar-refractivity contribution in [2.75, 3.05) is 18.1 Å². The van der Waals surface area contributed by atoms with Gasteiger partial charge in [-0.1, -0.05) is 25.7 Å². The van der Waals surface area contributed by atoms with Crippen LogP contribution in [0.1, 0.15) is 16.7 Å². The summed E-state index contributed by atoms with van der Waals surface area (Å²) in [5, 5.41) is 11.5. The molecule has 41 heavy (non-hydrogen) atoms. The number of cyclic esters (lactones) is 1. The minimum atomic E-state index is -1.18. The number of rotatable bonds is 9. The summed E-state index contributed by atoms with van der Waals surface area (Å²) in [6, 6.07) is 7.21. The molecule has 5 aromatic rings. The molecule has 14 heteroatoms. The molecule has 1 aliphatic heterocycles. The second-order valence-corrected chi connectivity index (χ2v) is 17.6. The Bertz CT molecular complexity index is 1730. The lowest BCUT2D eigenvalue weighted by Crippen LogP contribution is -2.28. The van der Waals surface area contributed by atoms with Crippen molar-refractivity contribution in [1.82, 2.24) is 34.3 Å². The van der Waals surface area contributed by atoms with Gasteiger partial charge in [0.1, 0.15) is 42.3 Å². The fourth-order valence-electron chi connectivity index (χ4n) is 4.46. The van der Waals surface area contributed by atoms with Crippen molar-refractivity contribution in [2.24, 2.45) is 0 Å². The number of benzene rings is 1. The number of fused-ring (bicyclic) bond motifs is 1. The van der Waals surface area contributed by atoms with Crippen LogP contribution < -0.4 is 4.90 Å². The Balaban J connectivity index is 1.24. The molecular weight excluding hydrogens is 564 g/mol. The van der Waals surface area contributed by atoms with E-state index in [2.05, 4.69) is 39.8 Å². The SMILES string of the molecule is Cc1csc([C@@H]2COC(=O)N2c2ccn3ncc(-c4ccc(-c5ncn(COCC[Si](C)(C)C)n5)c(F)c4)c3n2)n1. The molecule has 1 fully saturated rings. The summed E-state index contributed by atoms with van der Waals surface area (Å²) in [5.74, 6) is 0.204. The number of carbonyl (C=O) groups is 1. The molecule has 1 amide bonds. The summed E-state index contributed by atoms with van der Waals surface area (Å²) >= 11 is 1.47. The van der Waals surface area contributed by atoms with Crippen LogP contribution in [0.4, 0.5) is 15.0 Å². The highest BCUT2D eigenvalue weighted by molar-refractivity contribution is 7.09. The molecule has 0 spiro atoms. The number of amides is 1. The number of halogens is 1. The number of ether oxygens (including phenoxy) is 2. The second kappa shape index (κ2) is 10.8. The van der Waals surface area contributed by atoms with Crippen LogP contribution in [0.25, 0.3) is 28.2 Å². The van der Waals surface area contributed by atoms with Gasteiger partial charge >= 0.3 is 6.09 Å². The molecule has 6 rings (SSSR count). The fraction of sp³-hybridized carbons (Fsp3) is 0.333. The Morgan fingerprint density at radius 3 is 2.80 bits per heavy atom. The van der Waals surface area contributed by atoms with Crippen molar-refractivity contribution in [3.05, 3.63) is 64.9 Å². The van der Waals surface area contributed by atoms with Crippen LogP contribution in [0.15, 0.2) is 48.4 Å². The lowest BCUT2D eigenvalue weighted by atomic mass is 10.1. The quantitative estimate of drug-likeness (QED) is 0.161. The number of aromatic nitrogens is 7. The average Bonchev–Trinajstić information content (AvgIpc) is 3.72. The van der Waals surface area contributed by atoms with E-state index in [1.165, 1.54) is 28.6 Å². The number of anilines is 1. The molecule has 0 bridgehead atoms. The van der Waals surface area contributed by atoms with Gasteiger partial charge in [0.2, 0.25) is 0 Å². The Labute approximate surface area is 240 Å². The molecule has 1 atom stereocenters. The van der Waals surface area contributed by atoms with Crippen LogP contribution in [0.3, 0.4) is 0 Å². The zero-order chi connectivity index (χ0) is 28.7. The number of carbonyl (C=O) groups excluding carboxylic acids is 1. The molecule has 0 radical (unpaired) electrons. The smallest absolute Gasteiger partial charge is 0.416 e. The molecule has 0 N–H and O–H groups in total. The van der Waals surface area contributed by atoms with Crippen LogP contribution in [-0.4, -0.2) is 61.7 Å². The predicted octanol–water partition coefficient (Wildman–Crippen LogP) is 5.57. The first kappa shape index (κ1) is 27.2. The van der Waals surface area contributed by atoms with Crippen LogP contribution in [0.5, 0.6) is 0 Å². The van der Waals surface area contributed by atoms with E-state index in [0.717, 1.165) is 16.7 Å². The van der Waals surface area contributed by atoms with E-state index in [0.29, 0.717) is 29.2 Å². The molecule has 5 heterocycles. The first-order valence-electron chi connectivity index (χ1n) is 13.2. The van der Waals surface area contributed by atoms with Crippen LogP contribution >= 0.6 is 11.3 Å². The number of nitrogens with zero attached hydrogens (tertiary/aromatic N) is 8. The van der Waals surface area contributed by atoms with E-state index in [9.17, 15) is 4.79 Å². The average molecular weight is 593 g/mol. The first-order valence-corrected chi connectivity index (χ1v) is 17.7. The van der Waals surface area contributed by atoms with Gasteiger partial charge < -0.3 is 9.47 Å². The number of aryl methyl sites for hydroxylation is 1. The maximum atomic E-state index is 15.4. The second-order valence-electron chi connectivity index (χ2n) is 11.1. The zero-order valence-corrected chi connectivity index (χ0v) is 24.9. The lowest BCUT2D eigenvalue weighted by molar-refractivity contribution is 0.0784. The molecule has 11 nitrogen and oxygen atoms in total. The van der Waals surface area contributed by atoms with Gasteiger partial charge in [-0.2, -0.15) is 5.10 Å². The lowest BCUT2D eigenvalue weighted by Gasteiger charge is -2.18. The van der Waals surface area contributed by atoms with Gasteiger partial charge in [-0.25, -0.2) is 38.2 Å². The first-order chi connectivity index (χ1) is 19.7. The third-order valence-electron chi connectivity index (χ3n) is 6.67. The van der Waals surface area contributed by atoms with Crippen molar-refractivity contribution in [2.45, 2.75) is 45.4 Å². The molecule has 1 aromatic carbocycles. The van der Waals surface area contributed by atoms with E-state index in [4.69, 9.17) is 14.5 Å². The van der Waals surface area contributed by atoms with Gasteiger partial charge in [-0.3, -0.25) is 0 Å². The molecule has 4 aromatic heterocycles. The topological polar surface area (TPSA) is 113 Å². The molecule has 212 valence electrons. The molecule has 0 unspecified atom stereocenters. The van der Waals surface area contributed by atoms with Gasteiger partial charge in [-0.15, -0.1) is 16.4 Å². The maximum absolute atomic E-state index is 15.4. The highest BCUT2D eigenvalue weighted by Crippen LogP contribution is 2.35. The predicted molar refractivity (Wildman–Crippen MR) is 155 cm³/mol. The number of hydrogen-bond acceptors (Lipinski definition) is 9. The third-order valence-corrected chi connectivity index (χ3v) is 9.44. The largest absolute Gasteiger partial charge is 0.446 e. The third kappa shape index (κ3) is 5.62. The summed E-state index contributed by atoms with van der Waals surface area (Å²) in [7, 11) is -1.18. The number of hydrogen-bond donors (Lipinski definition) is 0. The van der Waals surface area contributed by atoms with Gasteiger partial charge in [0.15, 0.2) is 11.5 Å². The fourth-order valence-corrected chi connectivity index (χ4v) is 6.09. The van der Waals surface area contributed by atoms with Crippen molar-refractivity contribution < 1.29 is 18.7 Å². The normalized spacial score (nSPS) is 15.7. The van der Waals surface area contributed by atoms with Crippen LogP contribution in [-0.2, 0) is 16.2 Å². The standard InChI is InChI=1S/C27H29FN8O3SSi/c1-17-14-40-26(31-17)22-13-39-27(37)36(22)23-7-8-35-25(32-23)20(12-30-35)18-5-6-19(21(28)11-18)24-29-15-34(33-24)16-38-9-10-41(2,3)4/h5-8,11-12,14-15,22H,9-10,13,16H2,1-4H3/t22-/m0/s1. The summed E-state index contributed by atoms with van der Waals surface area (Å²) in [6.45, 7) is 9.90. The van der Waals surface area contributed by atoms with E-state index >= 15 is 4.39 Å². The van der Waals surface area contributed by atoms with E-state index in [1.54, 1.807) is 39.8 Å². The summed E-state index contributed by atoms with van der Waals surface area (Å²) < 4.78 is 29.6. The highest BCUT2D eigenvalue weighted by Gasteiger charge is 2.38. The summed E-state index contributed by atoms with van der Waals surface area (Å²) in [4.78, 5) is 27.7. The Morgan fingerprint density at radius 1 is 1.20 bits per heavy atom. The van der Waals surface area contributed by atoms with E-state index < -0.39 is 20.0 Å². The summed E-state index contributed by atoms with van der Waals surface area (Å²) in [5.41, 5.74) is 2.82. The zero-order valence-electron chi connectivity index (χ0n) is 23.1. The van der Waals surface area contributed by atoms with Crippen LogP contribution in [0, 0.1) is 12.7 Å².